The highest BCUT2D eigenvalue weighted by Crippen LogP contribution is 2.48. The van der Waals surface area contributed by atoms with Gasteiger partial charge < -0.3 is 10.0 Å². The molecule has 5 heteroatoms. The third-order valence-corrected chi connectivity index (χ3v) is 7.33. The zero-order valence-corrected chi connectivity index (χ0v) is 17.3. The number of fused-ring (bicyclic) bond motifs is 1. The van der Waals surface area contributed by atoms with Crippen LogP contribution in [0.3, 0.4) is 0 Å². The lowest BCUT2D eigenvalue weighted by molar-refractivity contribution is -0.117. The van der Waals surface area contributed by atoms with Crippen molar-refractivity contribution in [2.24, 2.45) is 11.8 Å². The van der Waals surface area contributed by atoms with Gasteiger partial charge in [-0.2, -0.15) is 0 Å². The van der Waals surface area contributed by atoms with Gasteiger partial charge in [0.25, 0.3) is 0 Å². The van der Waals surface area contributed by atoms with E-state index in [1.54, 1.807) is 12.1 Å². The highest BCUT2D eigenvalue weighted by Gasteiger charge is 2.49. The van der Waals surface area contributed by atoms with E-state index < -0.39 is 5.60 Å². The van der Waals surface area contributed by atoms with E-state index in [4.69, 9.17) is 0 Å². The van der Waals surface area contributed by atoms with Gasteiger partial charge in [-0.05, 0) is 67.0 Å². The first-order chi connectivity index (χ1) is 14.5. The van der Waals surface area contributed by atoms with Crippen LogP contribution in [0.4, 0.5) is 10.1 Å². The fraction of sp³-hybridized carbons (Fsp3) is 0.480. The van der Waals surface area contributed by atoms with Gasteiger partial charge in [0.05, 0.1) is 5.60 Å². The summed E-state index contributed by atoms with van der Waals surface area (Å²) >= 11 is 0. The summed E-state index contributed by atoms with van der Waals surface area (Å²) in [6.07, 6.45) is 4.47. The van der Waals surface area contributed by atoms with Crippen molar-refractivity contribution >= 4 is 11.6 Å². The zero-order valence-electron chi connectivity index (χ0n) is 17.3. The molecule has 0 spiro atoms. The number of anilines is 1. The summed E-state index contributed by atoms with van der Waals surface area (Å²) in [4.78, 5) is 16.3. The van der Waals surface area contributed by atoms with Crippen LogP contribution in [0.2, 0.25) is 0 Å². The molecule has 3 aliphatic rings. The Morgan fingerprint density at radius 1 is 1.03 bits per heavy atom. The van der Waals surface area contributed by atoms with E-state index >= 15 is 0 Å². The molecule has 1 aliphatic carbocycles. The van der Waals surface area contributed by atoms with Crippen LogP contribution in [0.25, 0.3) is 0 Å². The van der Waals surface area contributed by atoms with Crippen molar-refractivity contribution in [2.75, 3.05) is 24.5 Å². The van der Waals surface area contributed by atoms with Gasteiger partial charge in [0.2, 0.25) is 5.91 Å². The minimum absolute atomic E-state index is 0.179. The second-order valence-electron chi connectivity index (χ2n) is 9.20. The van der Waals surface area contributed by atoms with Gasteiger partial charge in [-0.3, -0.25) is 9.69 Å². The molecule has 158 valence electrons. The number of rotatable bonds is 4. The third kappa shape index (κ3) is 3.54. The molecule has 2 aliphatic heterocycles. The largest absolute Gasteiger partial charge is 0.385 e. The molecule has 2 aromatic rings. The van der Waals surface area contributed by atoms with Gasteiger partial charge in [-0.15, -0.1) is 0 Å². The van der Waals surface area contributed by atoms with E-state index in [1.165, 1.54) is 17.7 Å². The minimum atomic E-state index is -0.870. The van der Waals surface area contributed by atoms with E-state index in [0.717, 1.165) is 63.1 Å². The molecule has 2 saturated heterocycles. The molecule has 3 fully saturated rings. The molecular formula is C25H29FN2O2. The van der Waals surface area contributed by atoms with Gasteiger partial charge in [0.15, 0.2) is 0 Å². The van der Waals surface area contributed by atoms with E-state index in [9.17, 15) is 14.3 Å². The Bertz CT molecular complexity index is 914. The Morgan fingerprint density at radius 3 is 2.50 bits per heavy atom. The van der Waals surface area contributed by atoms with Crippen LogP contribution < -0.4 is 4.90 Å². The van der Waals surface area contributed by atoms with Crippen LogP contribution in [0, 0.1) is 17.7 Å². The van der Waals surface area contributed by atoms with Crippen LogP contribution in [0.5, 0.6) is 0 Å². The summed E-state index contributed by atoms with van der Waals surface area (Å²) in [5, 5.41) is 11.6. The second kappa shape index (κ2) is 7.78. The number of amides is 1. The van der Waals surface area contributed by atoms with Crippen molar-refractivity contribution in [3.05, 3.63) is 65.5 Å². The molecule has 4 nitrogen and oxygen atoms in total. The van der Waals surface area contributed by atoms with Gasteiger partial charge in [0.1, 0.15) is 5.82 Å². The van der Waals surface area contributed by atoms with Crippen LogP contribution >= 0.6 is 0 Å². The molecule has 1 N–H and O–H groups in total. The highest BCUT2D eigenvalue weighted by molar-refractivity contribution is 5.95. The Kier molecular flexibility index (Phi) is 5.11. The van der Waals surface area contributed by atoms with E-state index in [0.29, 0.717) is 12.3 Å². The third-order valence-electron chi connectivity index (χ3n) is 7.33. The molecule has 3 unspecified atom stereocenters. The van der Waals surface area contributed by atoms with Gasteiger partial charge in [0, 0.05) is 44.2 Å². The SMILES string of the molecule is O=C1CCCN1c1ccc(CN2CC3CCCC(O)(c4ccc(F)cc4)C3C2)cc1. The molecule has 1 saturated carbocycles. The number of hydrogen-bond donors (Lipinski definition) is 1. The maximum Gasteiger partial charge on any atom is 0.227 e. The maximum atomic E-state index is 13.4. The summed E-state index contributed by atoms with van der Waals surface area (Å²) in [5.74, 6) is 0.599. The first kappa shape index (κ1) is 19.7. The van der Waals surface area contributed by atoms with Crippen LogP contribution in [0.1, 0.15) is 43.2 Å². The molecule has 3 atom stereocenters. The van der Waals surface area contributed by atoms with Gasteiger partial charge in [-0.1, -0.05) is 24.3 Å². The number of hydrogen-bond acceptors (Lipinski definition) is 3. The van der Waals surface area contributed by atoms with Gasteiger partial charge >= 0.3 is 0 Å². The topological polar surface area (TPSA) is 43.8 Å². The fourth-order valence-corrected chi connectivity index (χ4v) is 5.80. The number of likely N-dealkylation sites (tertiary alicyclic amines) is 1. The zero-order chi connectivity index (χ0) is 20.7. The first-order valence-corrected chi connectivity index (χ1v) is 11.1. The van der Waals surface area contributed by atoms with Crippen LogP contribution in [-0.4, -0.2) is 35.5 Å². The monoisotopic (exact) mass is 408 g/mol. The Hall–Kier alpha value is -2.24. The summed E-state index contributed by atoms with van der Waals surface area (Å²) in [7, 11) is 0. The molecule has 0 aromatic heterocycles. The molecule has 0 radical (unpaired) electrons. The minimum Gasteiger partial charge on any atom is -0.385 e. The van der Waals surface area contributed by atoms with Crippen molar-refractivity contribution in [1.82, 2.24) is 4.90 Å². The Labute approximate surface area is 177 Å². The summed E-state index contributed by atoms with van der Waals surface area (Å²) in [6, 6.07) is 14.8. The molecule has 2 heterocycles. The van der Waals surface area contributed by atoms with E-state index in [2.05, 4.69) is 29.2 Å². The molecule has 30 heavy (non-hydrogen) atoms. The van der Waals surface area contributed by atoms with Crippen molar-refractivity contribution in [2.45, 2.75) is 44.2 Å². The number of aliphatic hydroxyl groups is 1. The highest BCUT2D eigenvalue weighted by atomic mass is 19.1. The predicted octanol–water partition coefficient (Wildman–Crippen LogP) is 4.07. The molecule has 2 aromatic carbocycles. The predicted molar refractivity (Wildman–Crippen MR) is 114 cm³/mol. The lowest BCUT2D eigenvalue weighted by atomic mass is 9.67. The number of carbonyl (C=O) groups excluding carboxylic acids is 1. The molecule has 0 bridgehead atoms. The Morgan fingerprint density at radius 2 is 1.80 bits per heavy atom. The van der Waals surface area contributed by atoms with E-state index in [1.807, 2.05) is 4.90 Å². The summed E-state index contributed by atoms with van der Waals surface area (Å²) < 4.78 is 13.4. The van der Waals surface area contributed by atoms with Crippen LogP contribution in [0.15, 0.2) is 48.5 Å². The summed E-state index contributed by atoms with van der Waals surface area (Å²) in [5.41, 5.74) is 2.20. The smallest absolute Gasteiger partial charge is 0.227 e. The van der Waals surface area contributed by atoms with Crippen molar-refractivity contribution < 1.29 is 14.3 Å². The Balaban J connectivity index is 1.29. The average Bonchev–Trinajstić information content (AvgIpc) is 3.36. The summed E-state index contributed by atoms with van der Waals surface area (Å²) in [6.45, 7) is 3.50. The van der Waals surface area contributed by atoms with Crippen molar-refractivity contribution in [3.63, 3.8) is 0 Å². The lowest BCUT2D eigenvalue weighted by Crippen LogP contribution is -2.42. The lowest BCUT2D eigenvalue weighted by Gasteiger charge is -2.41. The van der Waals surface area contributed by atoms with Crippen molar-refractivity contribution in [3.8, 4) is 0 Å². The number of halogens is 1. The number of benzene rings is 2. The van der Waals surface area contributed by atoms with Gasteiger partial charge in [-0.25, -0.2) is 4.39 Å². The normalized spacial score (nSPS) is 29.4. The van der Waals surface area contributed by atoms with Crippen LogP contribution in [-0.2, 0) is 16.9 Å². The molecular weight excluding hydrogens is 379 g/mol. The van der Waals surface area contributed by atoms with Crippen molar-refractivity contribution in [1.29, 1.82) is 0 Å². The quantitative estimate of drug-likeness (QED) is 0.829. The first-order valence-electron chi connectivity index (χ1n) is 11.1. The second-order valence-corrected chi connectivity index (χ2v) is 9.20. The maximum absolute atomic E-state index is 13.4. The standard InChI is InChI=1S/C25H29FN2O2/c26-21-9-7-20(8-10-21)25(30)13-1-3-19-16-27(17-23(19)25)15-18-5-11-22(12-6-18)28-14-2-4-24(28)29/h5-12,19,23,30H,1-4,13-17H2. The average molecular weight is 409 g/mol. The fourth-order valence-electron chi connectivity index (χ4n) is 5.80. The number of nitrogens with zero attached hydrogens (tertiary/aromatic N) is 2. The molecule has 5 rings (SSSR count). The van der Waals surface area contributed by atoms with E-state index in [-0.39, 0.29) is 17.6 Å². The molecule has 1 amide bonds. The number of carbonyl (C=O) groups is 1.